The molecule has 1 aromatic rings. The maximum Gasteiger partial charge on any atom is 0.326 e. The molecule has 3 atom stereocenters. The number of aromatic nitrogens is 2. The predicted molar refractivity (Wildman–Crippen MR) is 83.2 cm³/mol. The Hall–Kier alpha value is -1.92. The van der Waals surface area contributed by atoms with Gasteiger partial charge in [0.2, 0.25) is 11.8 Å². The number of carboxylic acids is 1. The van der Waals surface area contributed by atoms with Gasteiger partial charge in [-0.15, -0.1) is 0 Å². The molecule has 1 amide bonds. The number of amides is 1. The van der Waals surface area contributed by atoms with Crippen LogP contribution in [-0.4, -0.2) is 44.1 Å². The Kier molecular flexibility index (Phi) is 4.02. The summed E-state index contributed by atoms with van der Waals surface area (Å²) in [4.78, 5) is 30.3. The van der Waals surface area contributed by atoms with E-state index in [4.69, 9.17) is 4.52 Å². The zero-order chi connectivity index (χ0) is 16.7. The molecule has 7 nitrogen and oxygen atoms in total. The minimum absolute atomic E-state index is 0.0945. The van der Waals surface area contributed by atoms with E-state index in [0.29, 0.717) is 30.6 Å². The fourth-order valence-electron chi connectivity index (χ4n) is 4.26. The number of carboxylic acid groups (broad SMARTS) is 1. The number of hydrogen-bond donors (Lipinski definition) is 1. The molecule has 2 saturated carbocycles. The second kappa shape index (κ2) is 6.18. The lowest BCUT2D eigenvalue weighted by molar-refractivity contribution is -0.149. The molecule has 1 saturated heterocycles. The average molecular weight is 333 g/mol. The Balaban J connectivity index is 1.41. The molecule has 0 bridgehead atoms. The molecule has 1 N–H and O–H groups in total. The minimum atomic E-state index is -0.883. The van der Waals surface area contributed by atoms with Crippen LogP contribution in [0.25, 0.3) is 0 Å². The largest absolute Gasteiger partial charge is 0.480 e. The molecule has 130 valence electrons. The fourth-order valence-corrected chi connectivity index (χ4v) is 4.26. The SMILES string of the molecule is O=C(O)[C@@H]1C[C@H]2CCCC[C@H]2N1C(=O)CCc1nc(C2CC2)no1. The standard InChI is InChI=1S/C17H23N3O4/c21-15(8-7-14-18-16(19-24-14)10-5-6-10)20-12-4-2-1-3-11(12)9-13(20)17(22)23/h10-13H,1-9H2,(H,22,23)/t11-,12-,13+/m1/s1. The summed E-state index contributed by atoms with van der Waals surface area (Å²) in [7, 11) is 0. The quantitative estimate of drug-likeness (QED) is 0.886. The minimum Gasteiger partial charge on any atom is -0.480 e. The highest BCUT2D eigenvalue weighted by atomic mass is 16.5. The van der Waals surface area contributed by atoms with Gasteiger partial charge in [0.25, 0.3) is 0 Å². The Labute approximate surface area is 140 Å². The number of rotatable bonds is 5. The van der Waals surface area contributed by atoms with Crippen LogP contribution in [0.2, 0.25) is 0 Å². The van der Waals surface area contributed by atoms with E-state index in [9.17, 15) is 14.7 Å². The first-order chi connectivity index (χ1) is 11.6. The zero-order valence-electron chi connectivity index (χ0n) is 13.7. The molecule has 1 aromatic heterocycles. The first-order valence-corrected chi connectivity index (χ1v) is 9.00. The summed E-state index contributed by atoms with van der Waals surface area (Å²) in [6.07, 6.45) is 7.60. The predicted octanol–water partition coefficient (Wildman–Crippen LogP) is 2.12. The third kappa shape index (κ3) is 2.91. The molecular formula is C17H23N3O4. The molecule has 0 radical (unpaired) electrons. The van der Waals surface area contributed by atoms with Crippen LogP contribution in [0.15, 0.2) is 4.52 Å². The van der Waals surface area contributed by atoms with Crippen LogP contribution in [-0.2, 0) is 16.0 Å². The third-order valence-electron chi connectivity index (χ3n) is 5.64. The maximum atomic E-state index is 12.7. The van der Waals surface area contributed by atoms with E-state index in [1.54, 1.807) is 4.90 Å². The number of carbonyl (C=O) groups excluding carboxylic acids is 1. The van der Waals surface area contributed by atoms with E-state index < -0.39 is 12.0 Å². The highest BCUT2D eigenvalue weighted by molar-refractivity contribution is 5.84. The molecule has 0 spiro atoms. The zero-order valence-corrected chi connectivity index (χ0v) is 13.7. The van der Waals surface area contributed by atoms with E-state index in [1.165, 1.54) is 0 Å². The van der Waals surface area contributed by atoms with Crippen molar-refractivity contribution in [2.24, 2.45) is 5.92 Å². The van der Waals surface area contributed by atoms with Gasteiger partial charge in [-0.1, -0.05) is 18.0 Å². The molecule has 7 heteroatoms. The summed E-state index contributed by atoms with van der Waals surface area (Å²) in [5.74, 6) is 1.02. The molecule has 2 heterocycles. The van der Waals surface area contributed by atoms with Gasteiger partial charge in [0, 0.05) is 24.8 Å². The smallest absolute Gasteiger partial charge is 0.326 e. The third-order valence-corrected chi connectivity index (χ3v) is 5.64. The lowest BCUT2D eigenvalue weighted by atomic mass is 9.84. The van der Waals surface area contributed by atoms with Crippen LogP contribution < -0.4 is 0 Å². The van der Waals surface area contributed by atoms with Crippen LogP contribution >= 0.6 is 0 Å². The first-order valence-electron chi connectivity index (χ1n) is 9.00. The highest BCUT2D eigenvalue weighted by Gasteiger charge is 2.47. The van der Waals surface area contributed by atoms with E-state index in [1.807, 2.05) is 0 Å². The summed E-state index contributed by atoms with van der Waals surface area (Å²) in [5, 5.41) is 13.5. The van der Waals surface area contributed by atoms with E-state index in [2.05, 4.69) is 10.1 Å². The van der Waals surface area contributed by atoms with Crippen molar-refractivity contribution in [3.63, 3.8) is 0 Å². The average Bonchev–Trinajstić information content (AvgIpc) is 3.19. The van der Waals surface area contributed by atoms with E-state index >= 15 is 0 Å². The van der Waals surface area contributed by atoms with Gasteiger partial charge in [-0.25, -0.2) is 4.79 Å². The number of fused-ring (bicyclic) bond motifs is 1. The van der Waals surface area contributed by atoms with Gasteiger partial charge in [0.15, 0.2) is 5.82 Å². The summed E-state index contributed by atoms with van der Waals surface area (Å²) >= 11 is 0. The van der Waals surface area contributed by atoms with Crippen LogP contribution in [0.3, 0.4) is 0 Å². The Bertz CT molecular complexity index is 640. The molecular weight excluding hydrogens is 310 g/mol. The summed E-state index contributed by atoms with van der Waals surface area (Å²) < 4.78 is 5.21. The number of carbonyl (C=O) groups is 2. The van der Waals surface area contributed by atoms with Gasteiger partial charge < -0.3 is 14.5 Å². The van der Waals surface area contributed by atoms with Crippen molar-refractivity contribution in [1.29, 1.82) is 0 Å². The van der Waals surface area contributed by atoms with Gasteiger partial charge in [0.1, 0.15) is 6.04 Å². The first kappa shape index (κ1) is 15.6. The summed E-state index contributed by atoms with van der Waals surface area (Å²) in [5.41, 5.74) is 0. The molecule has 0 unspecified atom stereocenters. The van der Waals surface area contributed by atoms with Crippen LogP contribution in [0.1, 0.15) is 69.0 Å². The maximum absolute atomic E-state index is 12.7. The number of nitrogens with zero attached hydrogens (tertiary/aromatic N) is 3. The normalized spacial score (nSPS) is 29.5. The number of aryl methyl sites for hydroxylation is 1. The Morgan fingerprint density at radius 1 is 1.21 bits per heavy atom. The lowest BCUT2D eigenvalue weighted by Gasteiger charge is -2.33. The Morgan fingerprint density at radius 2 is 2.00 bits per heavy atom. The molecule has 3 fully saturated rings. The van der Waals surface area contributed by atoms with Gasteiger partial charge in [-0.05, 0) is 38.0 Å². The Morgan fingerprint density at radius 3 is 2.75 bits per heavy atom. The number of likely N-dealkylation sites (tertiary alicyclic amines) is 1. The summed E-state index contributed by atoms with van der Waals surface area (Å²) in [6.45, 7) is 0. The van der Waals surface area contributed by atoms with Crippen molar-refractivity contribution in [1.82, 2.24) is 15.0 Å². The van der Waals surface area contributed by atoms with Crippen LogP contribution in [0.5, 0.6) is 0 Å². The second-order valence-corrected chi connectivity index (χ2v) is 7.32. The second-order valence-electron chi connectivity index (χ2n) is 7.32. The van der Waals surface area contributed by atoms with Crippen molar-refractivity contribution in [2.45, 2.75) is 75.8 Å². The van der Waals surface area contributed by atoms with Gasteiger partial charge in [-0.2, -0.15) is 4.98 Å². The molecule has 2 aliphatic carbocycles. The molecule has 0 aromatic carbocycles. The van der Waals surface area contributed by atoms with Gasteiger partial charge in [-0.3, -0.25) is 4.79 Å². The molecule has 4 rings (SSSR count). The van der Waals surface area contributed by atoms with E-state index in [0.717, 1.165) is 44.3 Å². The van der Waals surface area contributed by atoms with E-state index in [-0.39, 0.29) is 18.4 Å². The van der Waals surface area contributed by atoms with Crippen molar-refractivity contribution in [3.8, 4) is 0 Å². The van der Waals surface area contributed by atoms with Crippen molar-refractivity contribution < 1.29 is 19.2 Å². The summed E-state index contributed by atoms with van der Waals surface area (Å²) in [6, 6.07) is -0.577. The molecule has 3 aliphatic rings. The lowest BCUT2D eigenvalue weighted by Crippen LogP contribution is -2.46. The topological polar surface area (TPSA) is 96.5 Å². The number of aliphatic carboxylic acids is 1. The van der Waals surface area contributed by atoms with Crippen LogP contribution in [0, 0.1) is 5.92 Å². The van der Waals surface area contributed by atoms with Crippen molar-refractivity contribution in [3.05, 3.63) is 11.7 Å². The van der Waals surface area contributed by atoms with Crippen molar-refractivity contribution >= 4 is 11.9 Å². The van der Waals surface area contributed by atoms with Crippen molar-refractivity contribution in [2.75, 3.05) is 0 Å². The van der Waals surface area contributed by atoms with Gasteiger partial charge in [0.05, 0.1) is 0 Å². The molecule has 24 heavy (non-hydrogen) atoms. The number of hydrogen-bond acceptors (Lipinski definition) is 5. The highest BCUT2D eigenvalue weighted by Crippen LogP contribution is 2.40. The fraction of sp³-hybridized carbons (Fsp3) is 0.765. The van der Waals surface area contributed by atoms with Gasteiger partial charge >= 0.3 is 5.97 Å². The molecule has 1 aliphatic heterocycles. The van der Waals surface area contributed by atoms with Crippen LogP contribution in [0.4, 0.5) is 0 Å². The monoisotopic (exact) mass is 333 g/mol.